The molecule has 1 aromatic rings. The molecule has 2 atom stereocenters. The molecule has 0 aliphatic heterocycles. The van der Waals surface area contributed by atoms with E-state index in [0.29, 0.717) is 24.8 Å². The highest BCUT2D eigenvalue weighted by Crippen LogP contribution is 2.34. The zero-order valence-corrected chi connectivity index (χ0v) is 19.0. The van der Waals surface area contributed by atoms with Gasteiger partial charge in [0.2, 0.25) is 5.75 Å². The number of rotatable bonds is 14. The largest absolute Gasteiger partial charge is 0.422 e. The van der Waals surface area contributed by atoms with Crippen molar-refractivity contribution in [2.24, 2.45) is 11.8 Å². The lowest BCUT2D eigenvalue weighted by Crippen LogP contribution is -2.21. The van der Waals surface area contributed by atoms with Crippen molar-refractivity contribution in [3.63, 3.8) is 0 Å². The van der Waals surface area contributed by atoms with Gasteiger partial charge in [-0.1, -0.05) is 72.3 Å². The molecule has 30 heavy (non-hydrogen) atoms. The van der Waals surface area contributed by atoms with Crippen LogP contribution in [0.2, 0.25) is 0 Å². The van der Waals surface area contributed by atoms with Crippen LogP contribution in [0, 0.1) is 17.7 Å². The highest BCUT2D eigenvalue weighted by atomic mass is 19.1. The maximum Gasteiger partial charge on any atom is 0.314 e. The first-order chi connectivity index (χ1) is 14.3. The van der Waals surface area contributed by atoms with Crippen molar-refractivity contribution in [2.75, 3.05) is 0 Å². The normalized spacial score (nSPS) is 12.8. The highest BCUT2D eigenvalue weighted by molar-refractivity contribution is 5.78. The minimum absolute atomic E-state index is 0.0479. The lowest BCUT2D eigenvalue weighted by atomic mass is 10.0. The SMILES string of the molecule is C=CCc1cc(F)c(OC(=O)C(C)CCCCC)c(OC(=O)C(C)CCCCC)c1. The summed E-state index contributed by atoms with van der Waals surface area (Å²) in [5.41, 5.74) is 0.597. The number of hydrogen-bond donors (Lipinski definition) is 0. The van der Waals surface area contributed by atoms with Crippen LogP contribution in [0.15, 0.2) is 24.8 Å². The van der Waals surface area contributed by atoms with Crippen molar-refractivity contribution >= 4 is 11.9 Å². The average molecular weight is 421 g/mol. The van der Waals surface area contributed by atoms with E-state index in [0.717, 1.165) is 38.5 Å². The zero-order valence-electron chi connectivity index (χ0n) is 19.0. The Balaban J connectivity index is 3.00. The molecule has 0 spiro atoms. The molecule has 0 fully saturated rings. The first-order valence-electron chi connectivity index (χ1n) is 11.2. The van der Waals surface area contributed by atoms with Gasteiger partial charge in [0.25, 0.3) is 0 Å². The van der Waals surface area contributed by atoms with Crippen molar-refractivity contribution < 1.29 is 23.5 Å². The Kier molecular flexibility index (Phi) is 12.0. The number of carbonyl (C=O) groups is 2. The molecular weight excluding hydrogens is 383 g/mol. The molecule has 0 aromatic heterocycles. The molecule has 1 rings (SSSR count). The zero-order chi connectivity index (χ0) is 22.5. The van der Waals surface area contributed by atoms with Gasteiger partial charge in [-0.05, 0) is 37.0 Å². The van der Waals surface area contributed by atoms with Gasteiger partial charge in [0.05, 0.1) is 11.8 Å². The van der Waals surface area contributed by atoms with E-state index in [1.54, 1.807) is 26.0 Å². The van der Waals surface area contributed by atoms with E-state index in [9.17, 15) is 14.0 Å². The molecule has 1 aromatic carbocycles. The second-order valence-corrected chi connectivity index (χ2v) is 8.03. The number of halogens is 1. The van der Waals surface area contributed by atoms with Crippen LogP contribution in [0.5, 0.6) is 11.5 Å². The van der Waals surface area contributed by atoms with Crippen LogP contribution in [0.1, 0.15) is 84.6 Å². The maximum atomic E-state index is 14.8. The number of esters is 2. The molecule has 5 heteroatoms. The number of ether oxygens (including phenoxy) is 2. The summed E-state index contributed by atoms with van der Waals surface area (Å²) in [7, 11) is 0. The van der Waals surface area contributed by atoms with Crippen LogP contribution in [0.3, 0.4) is 0 Å². The Bertz CT molecular complexity index is 699. The topological polar surface area (TPSA) is 52.6 Å². The van der Waals surface area contributed by atoms with Gasteiger partial charge in [-0.15, -0.1) is 6.58 Å². The summed E-state index contributed by atoms with van der Waals surface area (Å²) in [4.78, 5) is 25.0. The van der Waals surface area contributed by atoms with Gasteiger partial charge in [0.1, 0.15) is 0 Å². The third-order valence-corrected chi connectivity index (χ3v) is 5.15. The molecule has 0 aliphatic carbocycles. The Morgan fingerprint density at radius 1 is 0.967 bits per heavy atom. The van der Waals surface area contributed by atoms with Crippen molar-refractivity contribution in [1.29, 1.82) is 0 Å². The van der Waals surface area contributed by atoms with Crippen LogP contribution >= 0.6 is 0 Å². The molecular formula is C25H37FO4. The Labute approximate surface area is 180 Å². The van der Waals surface area contributed by atoms with E-state index < -0.39 is 17.8 Å². The van der Waals surface area contributed by atoms with E-state index in [-0.39, 0.29) is 23.3 Å². The minimum atomic E-state index is -0.718. The van der Waals surface area contributed by atoms with Gasteiger partial charge < -0.3 is 9.47 Å². The second-order valence-electron chi connectivity index (χ2n) is 8.03. The monoisotopic (exact) mass is 420 g/mol. The van der Waals surface area contributed by atoms with Gasteiger partial charge >= 0.3 is 11.9 Å². The summed E-state index contributed by atoms with van der Waals surface area (Å²) >= 11 is 0. The lowest BCUT2D eigenvalue weighted by molar-refractivity contribution is -0.141. The second kappa shape index (κ2) is 13.9. The van der Waals surface area contributed by atoms with E-state index >= 15 is 0 Å². The highest BCUT2D eigenvalue weighted by Gasteiger charge is 2.24. The van der Waals surface area contributed by atoms with Crippen LogP contribution in [0.4, 0.5) is 4.39 Å². The maximum absolute atomic E-state index is 14.8. The fraction of sp³-hybridized carbons (Fsp3) is 0.600. The predicted molar refractivity (Wildman–Crippen MR) is 118 cm³/mol. The van der Waals surface area contributed by atoms with E-state index in [2.05, 4.69) is 20.4 Å². The first-order valence-corrected chi connectivity index (χ1v) is 11.2. The van der Waals surface area contributed by atoms with Gasteiger partial charge in [0.15, 0.2) is 11.6 Å². The lowest BCUT2D eigenvalue weighted by Gasteiger charge is -2.17. The third-order valence-electron chi connectivity index (χ3n) is 5.15. The fourth-order valence-corrected chi connectivity index (χ4v) is 3.13. The number of unbranched alkanes of at least 4 members (excludes halogenated alkanes) is 4. The molecule has 0 bridgehead atoms. The summed E-state index contributed by atoms with van der Waals surface area (Å²) in [5, 5.41) is 0. The standard InChI is InChI=1S/C25H37FO4/c1-6-9-11-14-18(4)24(27)29-22-17-20(13-8-3)16-21(26)23(22)30-25(28)19(5)15-12-10-7-2/h8,16-19H,3,6-7,9-15H2,1-2,4-5H3. The first kappa shape index (κ1) is 25.9. The predicted octanol–water partition coefficient (Wildman–Crippen LogP) is 6.80. The quantitative estimate of drug-likeness (QED) is 0.144. The summed E-state index contributed by atoms with van der Waals surface area (Å²) in [5.74, 6) is -2.73. The van der Waals surface area contributed by atoms with Crippen LogP contribution < -0.4 is 9.47 Å². The molecule has 0 saturated carbocycles. The molecule has 0 N–H and O–H groups in total. The van der Waals surface area contributed by atoms with Gasteiger partial charge in [-0.2, -0.15) is 0 Å². The molecule has 168 valence electrons. The fourth-order valence-electron chi connectivity index (χ4n) is 3.13. The smallest absolute Gasteiger partial charge is 0.314 e. The molecule has 2 unspecified atom stereocenters. The molecule has 4 nitrogen and oxygen atoms in total. The van der Waals surface area contributed by atoms with Crippen molar-refractivity contribution in [3.05, 3.63) is 36.2 Å². The number of benzene rings is 1. The van der Waals surface area contributed by atoms with Gasteiger partial charge in [-0.3, -0.25) is 9.59 Å². The Morgan fingerprint density at radius 3 is 2.00 bits per heavy atom. The summed E-state index contributed by atoms with van der Waals surface area (Å²) in [6.45, 7) is 11.4. The minimum Gasteiger partial charge on any atom is -0.422 e. The molecule has 0 amide bonds. The van der Waals surface area contributed by atoms with Crippen molar-refractivity contribution in [1.82, 2.24) is 0 Å². The third kappa shape index (κ3) is 8.68. The number of carbonyl (C=O) groups excluding carboxylic acids is 2. The molecule has 0 radical (unpaired) electrons. The summed E-state index contributed by atoms with van der Waals surface area (Å²) in [6.07, 6.45) is 9.44. The summed E-state index contributed by atoms with van der Waals surface area (Å²) < 4.78 is 25.6. The van der Waals surface area contributed by atoms with Crippen molar-refractivity contribution in [3.8, 4) is 11.5 Å². The number of allylic oxidation sites excluding steroid dienone is 1. The van der Waals surface area contributed by atoms with Gasteiger partial charge in [0, 0.05) is 0 Å². The van der Waals surface area contributed by atoms with Gasteiger partial charge in [-0.25, -0.2) is 4.39 Å². The summed E-state index contributed by atoms with van der Waals surface area (Å²) in [6, 6.07) is 2.83. The van der Waals surface area contributed by atoms with Crippen LogP contribution in [-0.2, 0) is 16.0 Å². The average Bonchev–Trinajstić information content (AvgIpc) is 2.70. The van der Waals surface area contributed by atoms with E-state index in [4.69, 9.17) is 9.47 Å². The van der Waals surface area contributed by atoms with Crippen LogP contribution in [0.25, 0.3) is 0 Å². The van der Waals surface area contributed by atoms with E-state index in [1.165, 1.54) is 6.07 Å². The number of hydrogen-bond acceptors (Lipinski definition) is 4. The van der Waals surface area contributed by atoms with E-state index in [1.807, 2.05) is 0 Å². The van der Waals surface area contributed by atoms with Crippen LogP contribution in [-0.4, -0.2) is 11.9 Å². The Hall–Kier alpha value is -2.17. The Morgan fingerprint density at radius 2 is 1.50 bits per heavy atom. The molecule has 0 aliphatic rings. The molecule has 0 saturated heterocycles. The van der Waals surface area contributed by atoms with Crippen molar-refractivity contribution in [2.45, 2.75) is 85.5 Å². The molecule has 0 heterocycles.